The molecule has 0 aliphatic rings. The predicted molar refractivity (Wildman–Crippen MR) is 48.2 cm³/mol. The van der Waals surface area contributed by atoms with Gasteiger partial charge in [0.05, 0.1) is 17.8 Å². The van der Waals surface area contributed by atoms with E-state index in [0.717, 1.165) is 0 Å². The van der Waals surface area contributed by atoms with Gasteiger partial charge in [0.1, 0.15) is 0 Å². The fourth-order valence-corrected chi connectivity index (χ4v) is 0.894. The predicted octanol–water partition coefficient (Wildman–Crippen LogP) is 0.0603. The van der Waals surface area contributed by atoms with E-state index in [1.807, 2.05) is 0 Å². The summed E-state index contributed by atoms with van der Waals surface area (Å²) in [6.07, 6.45) is 2.15. The number of rotatable bonds is 3. The van der Waals surface area contributed by atoms with E-state index >= 15 is 0 Å². The summed E-state index contributed by atoms with van der Waals surface area (Å²) in [5, 5.41) is 8.94. The second-order valence-electron chi connectivity index (χ2n) is 3.17. The number of aromatic nitrogens is 1. The molecule has 0 saturated carbocycles. The van der Waals surface area contributed by atoms with Crippen LogP contribution < -0.4 is 5.73 Å². The Morgan fingerprint density at radius 1 is 1.69 bits per heavy atom. The van der Waals surface area contributed by atoms with Crippen LogP contribution in [0.4, 0.5) is 0 Å². The zero-order chi connectivity index (χ0) is 9.90. The van der Waals surface area contributed by atoms with Crippen LogP contribution >= 0.6 is 0 Å². The Balaban J connectivity index is 2.98. The Morgan fingerprint density at radius 3 is 2.77 bits per heavy atom. The molecule has 1 atom stereocenters. The van der Waals surface area contributed by atoms with Crippen molar-refractivity contribution in [2.75, 3.05) is 6.61 Å². The number of carbonyl (C=O) groups is 1. The number of nitrogens with two attached hydrogens (primary N) is 1. The van der Waals surface area contributed by atoms with Crippen molar-refractivity contribution in [3.8, 4) is 0 Å². The Kier molecular flexibility index (Phi) is 2.75. The normalized spacial score (nSPS) is 15.0. The van der Waals surface area contributed by atoms with E-state index in [1.54, 1.807) is 19.1 Å². The lowest BCUT2D eigenvalue weighted by molar-refractivity contribution is 0.112. The first-order valence-electron chi connectivity index (χ1n) is 3.91. The Hall–Kier alpha value is -1.26. The fraction of sp³-hybridized carbons (Fsp3) is 0.333. The zero-order valence-corrected chi connectivity index (χ0v) is 7.40. The number of aliphatic hydroxyl groups excluding tert-OH is 1. The van der Waals surface area contributed by atoms with Gasteiger partial charge < -0.3 is 10.8 Å². The molecule has 13 heavy (non-hydrogen) atoms. The van der Waals surface area contributed by atoms with Gasteiger partial charge in [-0.2, -0.15) is 0 Å². The molecule has 1 aromatic heterocycles. The molecule has 0 aromatic carbocycles. The quantitative estimate of drug-likeness (QED) is 0.645. The number of hydrogen-bond donors (Lipinski definition) is 2. The zero-order valence-electron chi connectivity index (χ0n) is 7.40. The van der Waals surface area contributed by atoms with Gasteiger partial charge in [-0.1, -0.05) is 0 Å². The molecule has 0 bridgehead atoms. The van der Waals surface area contributed by atoms with Gasteiger partial charge in [-0.3, -0.25) is 9.78 Å². The molecule has 4 nitrogen and oxygen atoms in total. The maximum atomic E-state index is 10.3. The van der Waals surface area contributed by atoms with Crippen molar-refractivity contribution in [1.82, 2.24) is 4.98 Å². The largest absolute Gasteiger partial charge is 0.394 e. The number of hydrogen-bond acceptors (Lipinski definition) is 4. The minimum absolute atomic E-state index is 0.180. The van der Waals surface area contributed by atoms with Crippen LogP contribution in [0.2, 0.25) is 0 Å². The highest BCUT2D eigenvalue weighted by Crippen LogP contribution is 2.13. The van der Waals surface area contributed by atoms with Crippen molar-refractivity contribution in [2.24, 2.45) is 5.73 Å². The van der Waals surface area contributed by atoms with Crippen LogP contribution in [0.25, 0.3) is 0 Å². The first-order chi connectivity index (χ1) is 6.10. The molecule has 4 heteroatoms. The minimum atomic E-state index is -0.846. The topological polar surface area (TPSA) is 76.2 Å². The van der Waals surface area contributed by atoms with E-state index in [-0.39, 0.29) is 6.61 Å². The monoisotopic (exact) mass is 180 g/mol. The standard InChI is InChI=1S/C9H12N2O2/c1-9(10,6-13)8-3-2-7(5-12)4-11-8/h2-5,13H,6,10H2,1H3/t9-/m0/s1. The third-order valence-electron chi connectivity index (χ3n) is 1.84. The smallest absolute Gasteiger partial charge is 0.151 e. The minimum Gasteiger partial charge on any atom is -0.394 e. The van der Waals surface area contributed by atoms with Crippen molar-refractivity contribution < 1.29 is 9.90 Å². The number of aliphatic hydroxyl groups is 1. The van der Waals surface area contributed by atoms with Gasteiger partial charge in [-0.25, -0.2) is 0 Å². The number of aldehydes is 1. The second-order valence-corrected chi connectivity index (χ2v) is 3.17. The lowest BCUT2D eigenvalue weighted by Crippen LogP contribution is -2.37. The van der Waals surface area contributed by atoms with Gasteiger partial charge in [-0.15, -0.1) is 0 Å². The van der Waals surface area contributed by atoms with E-state index < -0.39 is 5.54 Å². The average molecular weight is 180 g/mol. The molecule has 0 unspecified atom stereocenters. The molecule has 1 heterocycles. The first-order valence-corrected chi connectivity index (χ1v) is 3.91. The molecule has 1 rings (SSSR count). The number of carbonyl (C=O) groups excluding carboxylic acids is 1. The first kappa shape index (κ1) is 9.83. The van der Waals surface area contributed by atoms with Gasteiger partial charge >= 0.3 is 0 Å². The summed E-state index contributed by atoms with van der Waals surface area (Å²) >= 11 is 0. The molecule has 70 valence electrons. The van der Waals surface area contributed by atoms with E-state index in [1.165, 1.54) is 6.20 Å². The molecule has 0 aliphatic carbocycles. The maximum absolute atomic E-state index is 10.3. The van der Waals surface area contributed by atoms with Gasteiger partial charge in [0.25, 0.3) is 0 Å². The number of nitrogens with zero attached hydrogens (tertiary/aromatic N) is 1. The Bertz CT molecular complexity index is 293. The van der Waals surface area contributed by atoms with Gasteiger partial charge in [-0.05, 0) is 19.1 Å². The van der Waals surface area contributed by atoms with Crippen molar-refractivity contribution in [3.05, 3.63) is 29.6 Å². The molecule has 0 amide bonds. The average Bonchev–Trinajstić information content (AvgIpc) is 2.18. The summed E-state index contributed by atoms with van der Waals surface area (Å²) in [5.41, 5.74) is 5.95. The van der Waals surface area contributed by atoms with E-state index in [4.69, 9.17) is 10.8 Å². The molecule has 1 aromatic rings. The van der Waals surface area contributed by atoms with Gasteiger partial charge in [0, 0.05) is 11.8 Å². The summed E-state index contributed by atoms with van der Waals surface area (Å²) in [5.74, 6) is 0. The van der Waals surface area contributed by atoms with Crippen molar-refractivity contribution in [1.29, 1.82) is 0 Å². The van der Waals surface area contributed by atoms with Crippen molar-refractivity contribution in [2.45, 2.75) is 12.5 Å². The molecular weight excluding hydrogens is 168 g/mol. The molecule has 0 spiro atoms. The van der Waals surface area contributed by atoms with E-state index in [9.17, 15) is 4.79 Å². The van der Waals surface area contributed by atoms with E-state index in [2.05, 4.69) is 4.98 Å². The van der Waals surface area contributed by atoms with Crippen LogP contribution in [0.3, 0.4) is 0 Å². The highest BCUT2D eigenvalue weighted by molar-refractivity contribution is 5.73. The summed E-state index contributed by atoms with van der Waals surface area (Å²) in [7, 11) is 0. The number of pyridine rings is 1. The fourth-order valence-electron chi connectivity index (χ4n) is 0.894. The lowest BCUT2D eigenvalue weighted by Gasteiger charge is -2.20. The van der Waals surface area contributed by atoms with E-state index in [0.29, 0.717) is 17.5 Å². The highest BCUT2D eigenvalue weighted by Gasteiger charge is 2.20. The van der Waals surface area contributed by atoms with Crippen LogP contribution in [0, 0.1) is 0 Å². The lowest BCUT2D eigenvalue weighted by atomic mass is 10.00. The summed E-state index contributed by atoms with van der Waals surface area (Å²) < 4.78 is 0. The summed E-state index contributed by atoms with van der Waals surface area (Å²) in [6.45, 7) is 1.50. The third kappa shape index (κ3) is 2.11. The van der Waals surface area contributed by atoms with Crippen LogP contribution in [0.15, 0.2) is 18.3 Å². The molecular formula is C9H12N2O2. The summed E-state index contributed by atoms with van der Waals surface area (Å²) in [4.78, 5) is 14.3. The Morgan fingerprint density at radius 2 is 2.38 bits per heavy atom. The molecule has 0 fully saturated rings. The van der Waals surface area contributed by atoms with Crippen LogP contribution in [-0.2, 0) is 5.54 Å². The molecule has 0 radical (unpaired) electrons. The molecule has 0 aliphatic heterocycles. The van der Waals surface area contributed by atoms with Crippen LogP contribution in [0.5, 0.6) is 0 Å². The molecule has 3 N–H and O–H groups in total. The highest BCUT2D eigenvalue weighted by atomic mass is 16.3. The van der Waals surface area contributed by atoms with Gasteiger partial charge in [0.15, 0.2) is 6.29 Å². The molecule has 0 saturated heterocycles. The van der Waals surface area contributed by atoms with Crippen LogP contribution in [0.1, 0.15) is 23.0 Å². The van der Waals surface area contributed by atoms with Gasteiger partial charge in [0.2, 0.25) is 0 Å². The maximum Gasteiger partial charge on any atom is 0.151 e. The summed E-state index contributed by atoms with van der Waals surface area (Å²) in [6, 6.07) is 3.26. The Labute approximate surface area is 76.4 Å². The third-order valence-corrected chi connectivity index (χ3v) is 1.84. The van der Waals surface area contributed by atoms with Crippen molar-refractivity contribution in [3.63, 3.8) is 0 Å². The van der Waals surface area contributed by atoms with Crippen molar-refractivity contribution >= 4 is 6.29 Å². The SMILES string of the molecule is C[C@](N)(CO)c1ccc(C=O)cn1. The van der Waals surface area contributed by atoms with Crippen LogP contribution in [-0.4, -0.2) is 23.0 Å². The second kappa shape index (κ2) is 3.64.